The first-order valence-electron chi connectivity index (χ1n) is 10.2. The molecule has 2 aliphatic heterocycles. The van der Waals surface area contributed by atoms with E-state index in [9.17, 15) is 5.26 Å². The molecular weight excluding hydrogens is 394 g/mol. The number of amidine groups is 1. The molecule has 0 bridgehead atoms. The van der Waals surface area contributed by atoms with E-state index in [1.54, 1.807) is 0 Å². The quantitative estimate of drug-likeness (QED) is 0.742. The summed E-state index contributed by atoms with van der Waals surface area (Å²) < 4.78 is 0. The average molecular weight is 416 g/mol. The van der Waals surface area contributed by atoms with Crippen molar-refractivity contribution in [1.82, 2.24) is 10.7 Å². The van der Waals surface area contributed by atoms with Gasteiger partial charge in [0.25, 0.3) is 0 Å². The number of allylic oxidation sites excluding steroid dienone is 3. The van der Waals surface area contributed by atoms with E-state index in [0.29, 0.717) is 18.0 Å². The van der Waals surface area contributed by atoms with Crippen LogP contribution in [0.5, 0.6) is 0 Å². The van der Waals surface area contributed by atoms with E-state index >= 15 is 0 Å². The van der Waals surface area contributed by atoms with Gasteiger partial charge in [-0.25, -0.2) is 0 Å². The fourth-order valence-electron chi connectivity index (χ4n) is 4.51. The molecule has 6 heteroatoms. The average Bonchev–Trinajstić information content (AvgIpc) is 2.98. The van der Waals surface area contributed by atoms with Crippen LogP contribution in [0, 0.1) is 17.2 Å². The number of nitrogens with zero attached hydrogens (tertiary/aromatic N) is 3. The summed E-state index contributed by atoms with van der Waals surface area (Å²) in [5.74, 6) is 1.37. The second-order valence-electron chi connectivity index (χ2n) is 7.83. The Morgan fingerprint density at radius 1 is 1.17 bits per heavy atom. The number of halogens is 1. The van der Waals surface area contributed by atoms with Crippen molar-refractivity contribution >= 4 is 28.7 Å². The van der Waals surface area contributed by atoms with Gasteiger partial charge in [-0.1, -0.05) is 29.8 Å². The van der Waals surface area contributed by atoms with Gasteiger partial charge in [0.1, 0.15) is 5.84 Å². The standard InChI is InChI=1S/C24H22ClN5/c25-21-8-9-22-20(11-21)13-27-15-24-29-28-14-23(30(22)24)18-6-4-17(5-7-18)19-3-1-2-16(10-19)12-26/h1-4,8-11,14,18,27-28H,5-7,13,15H2. The zero-order valence-corrected chi connectivity index (χ0v) is 17.3. The first-order chi connectivity index (χ1) is 14.7. The molecule has 5 rings (SSSR count). The predicted octanol–water partition coefficient (Wildman–Crippen LogP) is 4.76. The summed E-state index contributed by atoms with van der Waals surface area (Å²) in [7, 11) is 0. The molecule has 2 aromatic rings. The second-order valence-corrected chi connectivity index (χ2v) is 8.27. The van der Waals surface area contributed by atoms with Gasteiger partial charge in [-0.05, 0) is 66.3 Å². The Balaban J connectivity index is 1.43. The molecule has 0 saturated carbocycles. The Morgan fingerprint density at radius 2 is 2.10 bits per heavy atom. The van der Waals surface area contributed by atoms with E-state index < -0.39 is 0 Å². The number of rotatable bonds is 2. The van der Waals surface area contributed by atoms with Crippen LogP contribution in [0.25, 0.3) is 5.57 Å². The largest absolute Gasteiger partial charge is 0.306 e. The highest BCUT2D eigenvalue weighted by molar-refractivity contribution is 6.30. The van der Waals surface area contributed by atoms with E-state index in [0.717, 1.165) is 47.9 Å². The van der Waals surface area contributed by atoms with E-state index in [4.69, 9.17) is 11.6 Å². The summed E-state index contributed by atoms with van der Waals surface area (Å²) in [6, 6.07) is 16.2. The highest BCUT2D eigenvalue weighted by atomic mass is 35.5. The molecule has 1 unspecified atom stereocenters. The number of nitrogens with one attached hydrogen (secondary N) is 2. The number of benzene rings is 2. The van der Waals surface area contributed by atoms with Gasteiger partial charge in [-0.3, -0.25) is 10.3 Å². The molecule has 0 spiro atoms. The molecule has 1 atom stereocenters. The fraction of sp³-hybridized carbons (Fsp3) is 0.250. The summed E-state index contributed by atoms with van der Waals surface area (Å²) in [6.07, 6.45) is 7.36. The fourth-order valence-corrected chi connectivity index (χ4v) is 4.70. The molecule has 0 saturated heterocycles. The van der Waals surface area contributed by atoms with Crippen molar-refractivity contribution in [2.24, 2.45) is 11.0 Å². The minimum atomic E-state index is 0.396. The molecule has 150 valence electrons. The molecule has 3 aliphatic rings. The summed E-state index contributed by atoms with van der Waals surface area (Å²) in [4.78, 5) is 2.29. The monoisotopic (exact) mass is 415 g/mol. The topological polar surface area (TPSA) is 63.5 Å². The lowest BCUT2D eigenvalue weighted by molar-refractivity contribution is 0.544. The van der Waals surface area contributed by atoms with Crippen LogP contribution in [0.15, 0.2) is 65.5 Å². The Hall–Kier alpha value is -3.07. The van der Waals surface area contributed by atoms with Crippen LogP contribution in [0.3, 0.4) is 0 Å². The molecule has 30 heavy (non-hydrogen) atoms. The first kappa shape index (κ1) is 18.9. The van der Waals surface area contributed by atoms with Crippen molar-refractivity contribution in [3.8, 4) is 6.07 Å². The number of hydrogen-bond donors (Lipinski definition) is 2. The van der Waals surface area contributed by atoms with Crippen molar-refractivity contribution in [3.63, 3.8) is 0 Å². The van der Waals surface area contributed by atoms with Crippen LogP contribution in [0.2, 0.25) is 5.02 Å². The highest BCUT2D eigenvalue weighted by Gasteiger charge is 2.31. The number of anilines is 1. The van der Waals surface area contributed by atoms with Crippen LogP contribution in [0.1, 0.15) is 36.0 Å². The smallest absolute Gasteiger partial charge is 0.148 e. The second kappa shape index (κ2) is 7.98. The molecule has 0 radical (unpaired) electrons. The van der Waals surface area contributed by atoms with Gasteiger partial charge in [-0.15, -0.1) is 0 Å². The van der Waals surface area contributed by atoms with Gasteiger partial charge in [0.05, 0.1) is 23.9 Å². The molecule has 0 aromatic heterocycles. The lowest BCUT2D eigenvalue weighted by Gasteiger charge is -2.36. The third-order valence-electron chi connectivity index (χ3n) is 6.00. The van der Waals surface area contributed by atoms with E-state index in [-0.39, 0.29) is 0 Å². The van der Waals surface area contributed by atoms with E-state index in [1.165, 1.54) is 16.8 Å². The number of fused-ring (bicyclic) bond motifs is 3. The normalized spacial score (nSPS) is 20.5. The summed E-state index contributed by atoms with van der Waals surface area (Å²) in [5.41, 5.74) is 9.88. The van der Waals surface area contributed by atoms with Gasteiger partial charge >= 0.3 is 0 Å². The SMILES string of the molecule is N#Cc1cccc(C2=CCC(C3=CNN=C4CNCc5cc(Cl)ccc5N34)CC2)c1. The third-order valence-corrected chi connectivity index (χ3v) is 6.23. The number of hydrazone groups is 1. The Labute approximate surface area is 181 Å². The minimum Gasteiger partial charge on any atom is -0.306 e. The minimum absolute atomic E-state index is 0.396. The van der Waals surface area contributed by atoms with Gasteiger partial charge in [0, 0.05) is 29.4 Å². The van der Waals surface area contributed by atoms with Gasteiger partial charge < -0.3 is 5.32 Å². The Bertz CT molecular complexity index is 1120. The van der Waals surface area contributed by atoms with Crippen LogP contribution in [-0.4, -0.2) is 12.4 Å². The molecule has 2 aromatic carbocycles. The zero-order chi connectivity index (χ0) is 20.5. The van der Waals surface area contributed by atoms with Crippen molar-refractivity contribution < 1.29 is 0 Å². The zero-order valence-electron chi connectivity index (χ0n) is 16.5. The van der Waals surface area contributed by atoms with Crippen molar-refractivity contribution in [3.05, 3.63) is 82.2 Å². The molecule has 0 amide bonds. The number of nitriles is 1. The maximum Gasteiger partial charge on any atom is 0.148 e. The van der Waals surface area contributed by atoms with Crippen LogP contribution >= 0.6 is 11.6 Å². The van der Waals surface area contributed by atoms with Crippen LogP contribution in [0.4, 0.5) is 5.69 Å². The van der Waals surface area contributed by atoms with Crippen molar-refractivity contribution in [2.45, 2.75) is 25.8 Å². The van der Waals surface area contributed by atoms with E-state index in [1.807, 2.05) is 36.5 Å². The maximum absolute atomic E-state index is 9.19. The molecule has 2 N–H and O–H groups in total. The van der Waals surface area contributed by atoms with E-state index in [2.05, 4.69) is 45.0 Å². The molecule has 2 heterocycles. The molecular formula is C24H22ClN5. The molecule has 1 aliphatic carbocycles. The first-order valence-corrected chi connectivity index (χ1v) is 10.6. The van der Waals surface area contributed by atoms with Gasteiger partial charge in [0.15, 0.2) is 0 Å². The maximum atomic E-state index is 9.19. The van der Waals surface area contributed by atoms with Crippen LogP contribution < -0.4 is 15.6 Å². The summed E-state index contributed by atoms with van der Waals surface area (Å²) >= 11 is 6.25. The lowest BCUT2D eigenvalue weighted by Crippen LogP contribution is -2.41. The number of hydrogen-bond acceptors (Lipinski definition) is 5. The Morgan fingerprint density at radius 3 is 2.93 bits per heavy atom. The van der Waals surface area contributed by atoms with Crippen molar-refractivity contribution in [1.29, 1.82) is 5.26 Å². The van der Waals surface area contributed by atoms with Crippen LogP contribution in [-0.2, 0) is 6.54 Å². The van der Waals surface area contributed by atoms with Gasteiger partial charge in [0.2, 0.25) is 0 Å². The molecule has 0 fully saturated rings. The summed E-state index contributed by atoms with van der Waals surface area (Å²) in [6.45, 7) is 1.47. The Kier molecular flexibility index (Phi) is 5.04. The predicted molar refractivity (Wildman–Crippen MR) is 121 cm³/mol. The summed E-state index contributed by atoms with van der Waals surface area (Å²) in [5, 5.41) is 17.9. The van der Waals surface area contributed by atoms with Crippen molar-refractivity contribution in [2.75, 3.05) is 11.4 Å². The van der Waals surface area contributed by atoms with Gasteiger partial charge in [-0.2, -0.15) is 10.4 Å². The molecule has 5 nitrogen and oxygen atoms in total. The lowest BCUT2D eigenvalue weighted by atomic mass is 9.84. The highest BCUT2D eigenvalue weighted by Crippen LogP contribution is 2.39. The third kappa shape index (κ3) is 3.49.